The Bertz CT molecular complexity index is 967. The topological polar surface area (TPSA) is 131 Å². The number of aromatic hydroxyl groups is 1. The van der Waals surface area contributed by atoms with Gasteiger partial charge in [-0.25, -0.2) is 0 Å². The third-order valence-electron chi connectivity index (χ3n) is 4.90. The van der Waals surface area contributed by atoms with Crippen molar-refractivity contribution in [1.82, 2.24) is 20.4 Å². The van der Waals surface area contributed by atoms with Crippen LogP contribution in [0.5, 0.6) is 5.75 Å². The van der Waals surface area contributed by atoms with Crippen molar-refractivity contribution in [3.05, 3.63) is 35.2 Å². The number of likely N-dealkylation sites (N-methyl/N-ethyl adjacent to an activating group) is 1. The molecule has 1 aromatic rings. The number of rotatable bonds is 8. The average Bonchev–Trinajstić information content (AvgIpc) is 2.89. The fraction of sp³-hybridized carbons (Fsp3) is 0.455. The van der Waals surface area contributed by atoms with Crippen LogP contribution in [-0.2, 0) is 14.4 Å². The van der Waals surface area contributed by atoms with Crippen molar-refractivity contribution in [3.8, 4) is 5.75 Å². The van der Waals surface area contributed by atoms with Crippen molar-refractivity contribution in [3.63, 3.8) is 0 Å². The van der Waals surface area contributed by atoms with Gasteiger partial charge in [0, 0.05) is 27.2 Å². The molecule has 10 heteroatoms. The minimum atomic E-state index is -0.775. The van der Waals surface area contributed by atoms with Gasteiger partial charge in [-0.1, -0.05) is 19.9 Å². The van der Waals surface area contributed by atoms with Crippen LogP contribution in [0.25, 0.3) is 0 Å². The summed E-state index contributed by atoms with van der Waals surface area (Å²) >= 11 is 0. The summed E-state index contributed by atoms with van der Waals surface area (Å²) in [5.41, 5.74) is -0.0862. The molecular formula is C22H31N5O5. The summed E-state index contributed by atoms with van der Waals surface area (Å²) in [6.45, 7) is 7.28. The van der Waals surface area contributed by atoms with Crippen molar-refractivity contribution < 1.29 is 24.3 Å². The van der Waals surface area contributed by atoms with Gasteiger partial charge in [-0.3, -0.25) is 24.1 Å². The molecule has 1 atom stereocenters. The molecule has 1 heterocycles. The van der Waals surface area contributed by atoms with Gasteiger partial charge >= 0.3 is 0 Å². The van der Waals surface area contributed by atoms with Crippen LogP contribution in [0.15, 0.2) is 29.6 Å². The lowest BCUT2D eigenvalue weighted by Gasteiger charge is -2.24. The third kappa shape index (κ3) is 5.01. The number of hydrogen-bond donors (Lipinski definition) is 4. The quantitative estimate of drug-likeness (QED) is 0.345. The van der Waals surface area contributed by atoms with Crippen molar-refractivity contribution in [2.24, 2.45) is 5.92 Å². The van der Waals surface area contributed by atoms with E-state index in [0.29, 0.717) is 0 Å². The lowest BCUT2D eigenvalue weighted by atomic mass is 10.0. The lowest BCUT2D eigenvalue weighted by Crippen LogP contribution is -2.50. The van der Waals surface area contributed by atoms with E-state index in [1.54, 1.807) is 20.2 Å². The number of imide groups is 1. The number of para-hydroxylation sites is 1. The molecule has 2 rings (SSSR count). The molecule has 32 heavy (non-hydrogen) atoms. The Hall–Kier alpha value is -3.56. The van der Waals surface area contributed by atoms with E-state index in [4.69, 9.17) is 0 Å². The molecule has 0 aliphatic carbocycles. The highest BCUT2D eigenvalue weighted by atomic mass is 16.3. The van der Waals surface area contributed by atoms with Crippen molar-refractivity contribution in [2.75, 3.05) is 26.5 Å². The van der Waals surface area contributed by atoms with Crippen LogP contribution < -0.4 is 16.0 Å². The standard InChI is InChI=1S/C22H31N5O5/c1-11(2)15(19(29)23-12(3)4)25-17-16(21(31)27(7)22(17)32)24-14-10-8-9-13(18(14)28)20(30)26(5)6/h8-12,15,24-25,28H,1-7H3,(H,23,29)/t15-/m1/s1. The number of carbonyl (C=O) groups excluding carboxylic acids is 4. The zero-order valence-electron chi connectivity index (χ0n) is 19.4. The van der Waals surface area contributed by atoms with Crippen molar-refractivity contribution >= 4 is 29.3 Å². The first-order chi connectivity index (χ1) is 14.9. The molecule has 0 aromatic heterocycles. The van der Waals surface area contributed by atoms with Gasteiger partial charge in [0.2, 0.25) is 5.91 Å². The molecule has 4 N–H and O–H groups in total. The maximum absolute atomic E-state index is 12.8. The van der Waals surface area contributed by atoms with Gasteiger partial charge in [0.05, 0.1) is 11.3 Å². The number of phenolic OH excluding ortho intramolecular Hbond substituents is 1. The van der Waals surface area contributed by atoms with Gasteiger partial charge < -0.3 is 26.0 Å². The van der Waals surface area contributed by atoms with E-state index in [1.807, 2.05) is 27.7 Å². The second-order valence-electron chi connectivity index (χ2n) is 8.47. The predicted molar refractivity (Wildman–Crippen MR) is 120 cm³/mol. The first-order valence-electron chi connectivity index (χ1n) is 10.3. The van der Waals surface area contributed by atoms with Gasteiger partial charge in [0.1, 0.15) is 17.4 Å². The summed E-state index contributed by atoms with van der Waals surface area (Å²) in [4.78, 5) is 52.7. The Morgan fingerprint density at radius 1 is 1.03 bits per heavy atom. The maximum atomic E-state index is 12.8. The van der Waals surface area contributed by atoms with Crippen LogP contribution in [0.4, 0.5) is 5.69 Å². The summed E-state index contributed by atoms with van der Waals surface area (Å²) in [6, 6.07) is 3.60. The predicted octanol–water partition coefficient (Wildman–Crippen LogP) is 0.855. The third-order valence-corrected chi connectivity index (χ3v) is 4.90. The van der Waals surface area contributed by atoms with Crippen LogP contribution in [0, 0.1) is 5.92 Å². The molecule has 0 fully saturated rings. The SMILES string of the molecule is CC(C)NC(=O)[C@H](NC1=C(Nc2cccc(C(=O)N(C)C)c2O)C(=O)N(C)C1=O)C(C)C. The van der Waals surface area contributed by atoms with E-state index in [9.17, 15) is 24.3 Å². The van der Waals surface area contributed by atoms with Gasteiger partial charge in [-0.05, 0) is 31.9 Å². The zero-order valence-corrected chi connectivity index (χ0v) is 19.4. The second kappa shape index (κ2) is 9.71. The van der Waals surface area contributed by atoms with E-state index < -0.39 is 23.8 Å². The Kier molecular flexibility index (Phi) is 7.50. The highest BCUT2D eigenvalue weighted by Crippen LogP contribution is 2.31. The number of nitrogens with zero attached hydrogens (tertiary/aromatic N) is 2. The van der Waals surface area contributed by atoms with Crippen LogP contribution >= 0.6 is 0 Å². The number of hydrogen-bond acceptors (Lipinski definition) is 7. The van der Waals surface area contributed by atoms with E-state index in [1.165, 1.54) is 24.1 Å². The number of anilines is 1. The normalized spacial score (nSPS) is 14.8. The van der Waals surface area contributed by atoms with Gasteiger partial charge in [0.25, 0.3) is 17.7 Å². The Balaban J connectivity index is 2.48. The molecule has 0 saturated carbocycles. The van der Waals surface area contributed by atoms with Gasteiger partial charge in [0.15, 0.2) is 5.75 Å². The first kappa shape index (κ1) is 24.7. The zero-order chi connectivity index (χ0) is 24.3. The summed E-state index contributed by atoms with van der Waals surface area (Å²) in [7, 11) is 4.43. The maximum Gasteiger partial charge on any atom is 0.279 e. The lowest BCUT2D eigenvalue weighted by molar-refractivity contribution is -0.136. The fourth-order valence-electron chi connectivity index (χ4n) is 3.15. The summed E-state index contributed by atoms with van der Waals surface area (Å²) in [5.74, 6) is -2.52. The molecule has 0 radical (unpaired) electrons. The summed E-state index contributed by atoms with van der Waals surface area (Å²) in [6.07, 6.45) is 0. The molecule has 1 aliphatic heterocycles. The van der Waals surface area contributed by atoms with Gasteiger partial charge in [-0.15, -0.1) is 0 Å². The molecule has 0 bridgehead atoms. The summed E-state index contributed by atoms with van der Waals surface area (Å²) in [5, 5.41) is 19.1. The highest BCUT2D eigenvalue weighted by Gasteiger charge is 2.39. The molecule has 0 saturated heterocycles. The highest BCUT2D eigenvalue weighted by molar-refractivity contribution is 6.20. The Morgan fingerprint density at radius 3 is 2.16 bits per heavy atom. The molecule has 174 valence electrons. The van der Waals surface area contributed by atoms with Crippen LogP contribution in [-0.4, -0.2) is 71.8 Å². The average molecular weight is 446 g/mol. The molecule has 4 amide bonds. The number of benzene rings is 1. The Morgan fingerprint density at radius 2 is 1.62 bits per heavy atom. The van der Waals surface area contributed by atoms with E-state index in [2.05, 4.69) is 16.0 Å². The number of amides is 4. The largest absolute Gasteiger partial charge is 0.505 e. The van der Waals surface area contributed by atoms with Gasteiger partial charge in [-0.2, -0.15) is 0 Å². The molecule has 1 aromatic carbocycles. The van der Waals surface area contributed by atoms with E-state index >= 15 is 0 Å². The monoisotopic (exact) mass is 445 g/mol. The first-order valence-corrected chi connectivity index (χ1v) is 10.3. The minimum absolute atomic E-state index is 0.0385. The molecular weight excluding hydrogens is 414 g/mol. The number of phenols is 1. The Labute approximate surface area is 187 Å². The molecule has 0 unspecified atom stereocenters. The van der Waals surface area contributed by atoms with Crippen molar-refractivity contribution in [1.29, 1.82) is 0 Å². The number of carbonyl (C=O) groups is 4. The smallest absolute Gasteiger partial charge is 0.279 e. The van der Waals surface area contributed by atoms with E-state index in [0.717, 1.165) is 4.90 Å². The van der Waals surface area contributed by atoms with Crippen LogP contribution in [0.2, 0.25) is 0 Å². The second-order valence-corrected chi connectivity index (χ2v) is 8.47. The minimum Gasteiger partial charge on any atom is -0.505 e. The molecule has 0 spiro atoms. The van der Waals surface area contributed by atoms with Crippen LogP contribution in [0.3, 0.4) is 0 Å². The van der Waals surface area contributed by atoms with Crippen LogP contribution in [0.1, 0.15) is 38.1 Å². The molecule has 10 nitrogen and oxygen atoms in total. The van der Waals surface area contributed by atoms with Crippen molar-refractivity contribution in [2.45, 2.75) is 39.8 Å². The summed E-state index contributed by atoms with van der Waals surface area (Å²) < 4.78 is 0. The fourth-order valence-corrected chi connectivity index (χ4v) is 3.15. The number of nitrogens with one attached hydrogen (secondary N) is 3. The molecule has 1 aliphatic rings. The van der Waals surface area contributed by atoms with E-state index in [-0.39, 0.29) is 46.3 Å².